The van der Waals surface area contributed by atoms with Crippen LogP contribution in [0.2, 0.25) is 10.0 Å². The van der Waals surface area contributed by atoms with Crippen LogP contribution < -0.4 is 4.90 Å². The number of ketones is 1. The topological polar surface area (TPSA) is 83.6 Å². The molecule has 0 fully saturated rings. The monoisotopic (exact) mass is 478 g/mol. The van der Waals surface area contributed by atoms with Crippen molar-refractivity contribution in [3.63, 3.8) is 0 Å². The predicted molar refractivity (Wildman–Crippen MR) is 126 cm³/mol. The minimum absolute atomic E-state index is 0.00976. The zero-order valence-electron chi connectivity index (χ0n) is 17.3. The van der Waals surface area contributed by atoms with Crippen molar-refractivity contribution in [3.8, 4) is 0 Å². The van der Waals surface area contributed by atoms with Crippen LogP contribution in [0.15, 0.2) is 82.7 Å². The fraction of sp³-hybridized carbons (Fsp3) is 0.0800. The van der Waals surface area contributed by atoms with Crippen LogP contribution in [0.25, 0.3) is 11.0 Å². The first kappa shape index (κ1) is 21.2. The van der Waals surface area contributed by atoms with E-state index in [9.17, 15) is 14.7 Å². The Kier molecular flexibility index (Phi) is 5.19. The number of rotatable bonds is 4. The maximum absolute atomic E-state index is 13.6. The number of pyridine rings is 1. The molecule has 6 nitrogen and oxygen atoms in total. The van der Waals surface area contributed by atoms with Gasteiger partial charge >= 0.3 is 0 Å². The minimum Gasteiger partial charge on any atom is -0.503 e. The molecule has 0 radical (unpaired) electrons. The number of aliphatic hydroxyl groups excluding tert-OH is 1. The highest BCUT2D eigenvalue weighted by molar-refractivity contribution is 6.32. The fourth-order valence-corrected chi connectivity index (χ4v) is 4.31. The Labute approximate surface area is 198 Å². The summed E-state index contributed by atoms with van der Waals surface area (Å²) >= 11 is 12.4. The van der Waals surface area contributed by atoms with Crippen molar-refractivity contribution in [2.45, 2.75) is 13.0 Å². The zero-order valence-corrected chi connectivity index (χ0v) is 18.8. The molecule has 33 heavy (non-hydrogen) atoms. The smallest absolute Gasteiger partial charge is 0.294 e. The van der Waals surface area contributed by atoms with Gasteiger partial charge in [0, 0.05) is 33.5 Å². The second-order valence-electron chi connectivity index (χ2n) is 7.68. The molecule has 1 atom stereocenters. The van der Waals surface area contributed by atoms with Crippen LogP contribution in [0.4, 0.5) is 5.69 Å². The van der Waals surface area contributed by atoms with E-state index in [2.05, 4.69) is 4.98 Å². The molecular weight excluding hydrogens is 463 g/mol. The molecule has 4 aromatic rings. The summed E-state index contributed by atoms with van der Waals surface area (Å²) in [5.41, 5.74) is 2.26. The van der Waals surface area contributed by atoms with Crippen molar-refractivity contribution in [1.29, 1.82) is 0 Å². The Morgan fingerprint density at radius 1 is 1.06 bits per heavy atom. The molecule has 0 saturated heterocycles. The molecule has 8 heteroatoms. The first-order chi connectivity index (χ1) is 15.8. The van der Waals surface area contributed by atoms with Crippen LogP contribution in [-0.4, -0.2) is 21.8 Å². The highest BCUT2D eigenvalue weighted by Crippen LogP contribution is 2.43. The Morgan fingerprint density at radius 3 is 2.55 bits per heavy atom. The molecule has 0 saturated carbocycles. The summed E-state index contributed by atoms with van der Waals surface area (Å²) in [6, 6.07) is 14.1. The first-order valence-corrected chi connectivity index (χ1v) is 10.8. The number of fused-ring (bicyclic) bond motifs is 1. The number of aromatic nitrogens is 1. The number of carbonyl (C=O) groups is 2. The van der Waals surface area contributed by atoms with Gasteiger partial charge in [0.2, 0.25) is 5.78 Å². The zero-order chi connectivity index (χ0) is 23.3. The number of anilines is 1. The van der Waals surface area contributed by atoms with E-state index in [-0.39, 0.29) is 11.3 Å². The van der Waals surface area contributed by atoms with Gasteiger partial charge in [-0.1, -0.05) is 29.3 Å². The number of furan rings is 1. The summed E-state index contributed by atoms with van der Waals surface area (Å²) in [4.78, 5) is 32.2. The Hall–Kier alpha value is -3.61. The summed E-state index contributed by atoms with van der Waals surface area (Å²) < 4.78 is 5.72. The number of carbonyl (C=O) groups excluding carboxylic acids is 2. The van der Waals surface area contributed by atoms with Crippen molar-refractivity contribution in [2.24, 2.45) is 0 Å². The number of aliphatic hydroxyl groups is 1. The Morgan fingerprint density at radius 2 is 1.82 bits per heavy atom. The molecule has 0 bridgehead atoms. The van der Waals surface area contributed by atoms with Crippen LogP contribution in [0.1, 0.15) is 27.7 Å². The van der Waals surface area contributed by atoms with E-state index >= 15 is 0 Å². The number of Topliss-reactive ketones (excluding diaryl/α,β-unsaturated/α-hetero) is 1. The lowest BCUT2D eigenvalue weighted by Crippen LogP contribution is -2.31. The largest absolute Gasteiger partial charge is 0.503 e. The molecule has 5 rings (SSSR count). The number of aryl methyl sites for hydroxylation is 1. The molecule has 1 aliphatic rings. The summed E-state index contributed by atoms with van der Waals surface area (Å²) in [5, 5.41) is 12.4. The summed E-state index contributed by atoms with van der Waals surface area (Å²) in [6.45, 7) is 1.84. The van der Waals surface area contributed by atoms with Gasteiger partial charge in [0.05, 0.1) is 11.6 Å². The van der Waals surface area contributed by atoms with Gasteiger partial charge in [-0.05, 0) is 66.6 Å². The van der Waals surface area contributed by atoms with Crippen LogP contribution in [0.5, 0.6) is 0 Å². The van der Waals surface area contributed by atoms with E-state index in [1.54, 1.807) is 67.0 Å². The minimum atomic E-state index is -0.899. The van der Waals surface area contributed by atoms with Crippen molar-refractivity contribution >= 4 is 51.5 Å². The van der Waals surface area contributed by atoms with Gasteiger partial charge < -0.3 is 9.52 Å². The molecule has 1 aliphatic heterocycles. The SMILES string of the molecule is Cc1ccc(N2C(=O)C(O)=C(C(=O)c3cc4cc(Cl)ccc4o3)C2c2ccncc2)cc1Cl. The average molecular weight is 479 g/mol. The van der Waals surface area contributed by atoms with Crippen molar-refractivity contribution in [1.82, 2.24) is 4.98 Å². The molecule has 1 amide bonds. The molecule has 164 valence electrons. The normalized spacial score (nSPS) is 16.2. The van der Waals surface area contributed by atoms with Crippen molar-refractivity contribution < 1.29 is 19.1 Å². The van der Waals surface area contributed by atoms with E-state index in [0.29, 0.717) is 32.3 Å². The van der Waals surface area contributed by atoms with Gasteiger partial charge in [-0.15, -0.1) is 0 Å². The summed E-state index contributed by atoms with van der Waals surface area (Å²) in [6.07, 6.45) is 3.11. The van der Waals surface area contributed by atoms with Gasteiger partial charge in [-0.25, -0.2) is 0 Å². The van der Waals surface area contributed by atoms with Gasteiger partial charge in [-0.2, -0.15) is 0 Å². The van der Waals surface area contributed by atoms with E-state index < -0.39 is 23.5 Å². The average Bonchev–Trinajstić information content (AvgIpc) is 3.34. The number of benzene rings is 2. The van der Waals surface area contributed by atoms with Gasteiger partial charge in [0.1, 0.15) is 5.58 Å². The van der Waals surface area contributed by atoms with E-state index in [4.69, 9.17) is 27.6 Å². The number of amides is 1. The van der Waals surface area contributed by atoms with Gasteiger partial charge in [0.15, 0.2) is 11.5 Å². The molecule has 2 aromatic heterocycles. The first-order valence-electron chi connectivity index (χ1n) is 10.0. The summed E-state index contributed by atoms with van der Waals surface area (Å²) in [5.74, 6) is -1.96. The van der Waals surface area contributed by atoms with Crippen LogP contribution in [-0.2, 0) is 4.79 Å². The molecule has 0 aliphatic carbocycles. The molecule has 1 unspecified atom stereocenters. The van der Waals surface area contributed by atoms with Crippen LogP contribution in [0, 0.1) is 6.92 Å². The molecule has 0 spiro atoms. The summed E-state index contributed by atoms with van der Waals surface area (Å²) in [7, 11) is 0. The third kappa shape index (κ3) is 3.57. The second kappa shape index (κ2) is 8.06. The quantitative estimate of drug-likeness (QED) is 0.351. The standard InChI is InChI=1S/C25H16Cl2N2O4/c1-13-2-4-17(12-18(13)27)29-22(14-6-8-28-9-7-14)21(24(31)25(29)32)23(30)20-11-15-10-16(26)3-5-19(15)33-20/h2-12,22,31H,1H3. The van der Waals surface area contributed by atoms with E-state index in [1.165, 1.54) is 4.90 Å². The highest BCUT2D eigenvalue weighted by atomic mass is 35.5. The third-order valence-corrected chi connectivity index (χ3v) is 6.25. The number of hydrogen-bond acceptors (Lipinski definition) is 5. The lowest BCUT2D eigenvalue weighted by Gasteiger charge is -2.27. The van der Waals surface area contributed by atoms with Crippen molar-refractivity contribution in [2.75, 3.05) is 4.90 Å². The molecule has 2 aromatic carbocycles. The number of halogens is 2. The predicted octanol–water partition coefficient (Wildman–Crippen LogP) is 6.23. The van der Waals surface area contributed by atoms with Gasteiger partial charge in [-0.3, -0.25) is 19.5 Å². The van der Waals surface area contributed by atoms with Gasteiger partial charge in [0.25, 0.3) is 5.91 Å². The lowest BCUT2D eigenvalue weighted by molar-refractivity contribution is -0.117. The fourth-order valence-electron chi connectivity index (χ4n) is 3.96. The van der Waals surface area contributed by atoms with E-state index in [0.717, 1.165) is 5.56 Å². The lowest BCUT2D eigenvalue weighted by atomic mass is 9.95. The third-order valence-electron chi connectivity index (χ3n) is 5.61. The maximum Gasteiger partial charge on any atom is 0.294 e. The number of hydrogen-bond donors (Lipinski definition) is 1. The van der Waals surface area contributed by atoms with Crippen LogP contribution in [0.3, 0.4) is 0 Å². The van der Waals surface area contributed by atoms with Crippen LogP contribution >= 0.6 is 23.2 Å². The molecular formula is C25H16Cl2N2O4. The Bertz CT molecular complexity index is 1460. The van der Waals surface area contributed by atoms with Crippen molar-refractivity contribution in [3.05, 3.63) is 105 Å². The molecule has 1 N–H and O–H groups in total. The molecule has 3 heterocycles. The highest BCUT2D eigenvalue weighted by Gasteiger charge is 2.45. The second-order valence-corrected chi connectivity index (χ2v) is 8.52. The Balaban J connectivity index is 1.66. The number of nitrogens with zero attached hydrogens (tertiary/aromatic N) is 2. The van der Waals surface area contributed by atoms with E-state index in [1.807, 2.05) is 6.92 Å². The maximum atomic E-state index is 13.6.